The topological polar surface area (TPSA) is 49.4 Å². The summed E-state index contributed by atoms with van der Waals surface area (Å²) in [5.74, 6) is 0.0908. The third-order valence-electron chi connectivity index (χ3n) is 5.29. The van der Waals surface area contributed by atoms with E-state index in [0.29, 0.717) is 25.9 Å². The molecule has 1 aromatic heterocycles. The lowest BCUT2D eigenvalue weighted by atomic mass is 9.99. The van der Waals surface area contributed by atoms with Gasteiger partial charge in [0.15, 0.2) is 0 Å². The van der Waals surface area contributed by atoms with Gasteiger partial charge in [-0.25, -0.2) is 0 Å². The minimum absolute atomic E-state index is 0.0711. The van der Waals surface area contributed by atoms with Gasteiger partial charge in [-0.1, -0.05) is 54.6 Å². The first-order chi connectivity index (χ1) is 14.2. The maximum Gasteiger partial charge on any atom is 0.261 e. The van der Waals surface area contributed by atoms with E-state index in [1.807, 2.05) is 52.7 Å². The van der Waals surface area contributed by atoms with E-state index in [2.05, 4.69) is 23.5 Å². The Morgan fingerprint density at radius 2 is 1.72 bits per heavy atom. The molecule has 0 saturated carbocycles. The molecule has 2 amide bonds. The molecule has 0 unspecified atom stereocenters. The monoisotopic (exact) mass is 404 g/mol. The molecule has 0 fully saturated rings. The maximum atomic E-state index is 12.6. The highest BCUT2D eigenvalue weighted by molar-refractivity contribution is 7.12. The lowest BCUT2D eigenvalue weighted by molar-refractivity contribution is -0.132. The zero-order valence-corrected chi connectivity index (χ0v) is 17.1. The fourth-order valence-corrected chi connectivity index (χ4v) is 4.55. The average molecular weight is 405 g/mol. The molecule has 3 aromatic rings. The molecule has 1 N–H and O–H groups in total. The molecule has 0 saturated heterocycles. The van der Waals surface area contributed by atoms with E-state index in [1.165, 1.54) is 22.5 Å². The Bertz CT molecular complexity index is 997. The van der Waals surface area contributed by atoms with Gasteiger partial charge in [-0.15, -0.1) is 11.3 Å². The molecule has 29 heavy (non-hydrogen) atoms. The first-order valence-corrected chi connectivity index (χ1v) is 10.9. The van der Waals surface area contributed by atoms with Crippen molar-refractivity contribution >= 4 is 23.2 Å². The van der Waals surface area contributed by atoms with E-state index in [4.69, 9.17) is 0 Å². The Morgan fingerprint density at radius 1 is 0.966 bits per heavy atom. The highest BCUT2D eigenvalue weighted by Gasteiger charge is 2.20. The number of nitrogens with one attached hydrogen (secondary N) is 1. The zero-order valence-electron chi connectivity index (χ0n) is 16.3. The Kier molecular flexibility index (Phi) is 6.06. The first kappa shape index (κ1) is 19.4. The summed E-state index contributed by atoms with van der Waals surface area (Å²) in [6.45, 7) is 1.97. The number of benzene rings is 2. The van der Waals surface area contributed by atoms with Crippen LogP contribution in [0.5, 0.6) is 0 Å². The van der Waals surface area contributed by atoms with Gasteiger partial charge in [0, 0.05) is 31.6 Å². The van der Waals surface area contributed by atoms with Gasteiger partial charge in [-0.3, -0.25) is 9.59 Å². The van der Waals surface area contributed by atoms with Crippen LogP contribution in [0.3, 0.4) is 0 Å². The second-order valence-electron chi connectivity index (χ2n) is 7.22. The van der Waals surface area contributed by atoms with Gasteiger partial charge in [0.2, 0.25) is 5.91 Å². The lowest BCUT2D eigenvalue weighted by Gasteiger charge is -2.29. The Morgan fingerprint density at radius 3 is 2.55 bits per heavy atom. The van der Waals surface area contributed by atoms with Gasteiger partial charge in [-0.05, 0) is 41.0 Å². The predicted molar refractivity (Wildman–Crippen MR) is 117 cm³/mol. The number of hydrogen-bond acceptors (Lipinski definition) is 3. The first-order valence-electron chi connectivity index (χ1n) is 9.98. The molecule has 0 atom stereocenters. The molecule has 2 heterocycles. The largest absolute Gasteiger partial charge is 0.351 e. The molecule has 1 aliphatic rings. The molecule has 4 nitrogen and oxygen atoms in total. The Labute approximate surface area is 175 Å². The van der Waals surface area contributed by atoms with Crippen molar-refractivity contribution in [3.63, 3.8) is 0 Å². The van der Waals surface area contributed by atoms with Crippen molar-refractivity contribution in [1.82, 2.24) is 10.2 Å². The summed E-state index contributed by atoms with van der Waals surface area (Å²) in [5, 5.41) is 4.91. The molecule has 2 aromatic carbocycles. The Hall–Kier alpha value is -2.92. The summed E-state index contributed by atoms with van der Waals surface area (Å²) in [5.41, 5.74) is 4.58. The summed E-state index contributed by atoms with van der Waals surface area (Å²) >= 11 is 1.45. The quantitative estimate of drug-likeness (QED) is 0.615. The lowest BCUT2D eigenvalue weighted by Crippen LogP contribution is -2.36. The van der Waals surface area contributed by atoms with Crippen molar-refractivity contribution in [2.75, 3.05) is 13.1 Å². The molecule has 0 aliphatic carbocycles. The summed E-state index contributed by atoms with van der Waals surface area (Å²) in [4.78, 5) is 27.8. The van der Waals surface area contributed by atoms with E-state index >= 15 is 0 Å². The van der Waals surface area contributed by atoms with Gasteiger partial charge in [-0.2, -0.15) is 0 Å². The van der Waals surface area contributed by atoms with Crippen LogP contribution in [0.2, 0.25) is 0 Å². The van der Waals surface area contributed by atoms with Crippen LogP contribution in [-0.4, -0.2) is 29.8 Å². The summed E-state index contributed by atoms with van der Waals surface area (Å²) in [6, 6.07) is 20.2. The van der Waals surface area contributed by atoms with Gasteiger partial charge in [0.1, 0.15) is 0 Å². The number of rotatable bonds is 6. The summed E-state index contributed by atoms with van der Waals surface area (Å²) in [7, 11) is 0. The molecule has 0 radical (unpaired) electrons. The smallest absolute Gasteiger partial charge is 0.261 e. The predicted octanol–water partition coefficient (Wildman–Crippen LogP) is 4.51. The molecular weight excluding hydrogens is 380 g/mol. The average Bonchev–Trinajstić information content (AvgIpc) is 3.27. The van der Waals surface area contributed by atoms with Crippen molar-refractivity contribution in [1.29, 1.82) is 0 Å². The highest BCUT2D eigenvalue weighted by Crippen LogP contribution is 2.28. The number of nitrogens with zero attached hydrogens (tertiary/aromatic N) is 1. The summed E-state index contributed by atoms with van der Waals surface area (Å²) < 4.78 is 0. The van der Waals surface area contributed by atoms with Crippen molar-refractivity contribution in [2.24, 2.45) is 0 Å². The van der Waals surface area contributed by atoms with Crippen LogP contribution >= 0.6 is 11.3 Å². The van der Waals surface area contributed by atoms with Crippen LogP contribution in [0.15, 0.2) is 66.0 Å². The van der Waals surface area contributed by atoms with Gasteiger partial charge in [0.05, 0.1) is 4.88 Å². The third kappa shape index (κ3) is 4.57. The second kappa shape index (κ2) is 9.05. The fraction of sp³-hybridized carbons (Fsp3) is 0.250. The molecular formula is C24H24N2O2S. The van der Waals surface area contributed by atoms with Crippen molar-refractivity contribution < 1.29 is 9.59 Å². The number of carbonyl (C=O) groups excluding carboxylic acids is 2. The normalized spacial score (nSPS) is 13.0. The number of carbonyl (C=O) groups is 2. The van der Waals surface area contributed by atoms with Crippen LogP contribution in [0, 0.1) is 0 Å². The molecule has 1 aliphatic heterocycles. The van der Waals surface area contributed by atoms with E-state index in [1.54, 1.807) is 0 Å². The van der Waals surface area contributed by atoms with Gasteiger partial charge >= 0.3 is 0 Å². The number of hydrogen-bond donors (Lipinski definition) is 1. The minimum Gasteiger partial charge on any atom is -0.351 e. The van der Waals surface area contributed by atoms with Crippen molar-refractivity contribution in [3.8, 4) is 11.1 Å². The third-order valence-corrected chi connectivity index (χ3v) is 6.21. The maximum absolute atomic E-state index is 12.6. The number of amides is 2. The minimum atomic E-state index is -0.0711. The fourth-order valence-electron chi connectivity index (χ4n) is 3.72. The van der Waals surface area contributed by atoms with Crippen LogP contribution in [0.25, 0.3) is 11.1 Å². The highest BCUT2D eigenvalue weighted by atomic mass is 32.1. The van der Waals surface area contributed by atoms with Gasteiger partial charge < -0.3 is 10.2 Å². The number of thiophene rings is 1. The van der Waals surface area contributed by atoms with E-state index in [-0.39, 0.29) is 11.8 Å². The van der Waals surface area contributed by atoms with Gasteiger partial charge in [0.25, 0.3) is 5.91 Å². The van der Waals surface area contributed by atoms with E-state index in [9.17, 15) is 9.59 Å². The zero-order chi connectivity index (χ0) is 20.1. The van der Waals surface area contributed by atoms with Crippen LogP contribution in [0.1, 0.15) is 33.6 Å². The molecule has 4 rings (SSSR count). The van der Waals surface area contributed by atoms with E-state index in [0.717, 1.165) is 29.0 Å². The molecule has 0 bridgehead atoms. The van der Waals surface area contributed by atoms with Crippen LogP contribution in [-0.2, 0) is 17.8 Å². The molecule has 148 valence electrons. The standard InChI is InChI=1S/C24H24N2O2S/c27-22(26-15-12-18-7-4-5-10-20(18)17-26)11-6-14-25-24(28)23-21(13-16-29-23)19-8-2-1-3-9-19/h1-5,7-10,13,16H,6,11-12,14-15,17H2,(H,25,28). The second-order valence-corrected chi connectivity index (χ2v) is 8.14. The van der Waals surface area contributed by atoms with Crippen molar-refractivity contribution in [3.05, 3.63) is 82.0 Å². The molecule has 0 spiro atoms. The Balaban J connectivity index is 1.26. The van der Waals surface area contributed by atoms with Crippen molar-refractivity contribution in [2.45, 2.75) is 25.8 Å². The van der Waals surface area contributed by atoms with E-state index < -0.39 is 0 Å². The summed E-state index contributed by atoms with van der Waals surface area (Å²) in [6.07, 6.45) is 2.02. The van der Waals surface area contributed by atoms with Crippen LogP contribution in [0.4, 0.5) is 0 Å². The SMILES string of the molecule is O=C(NCCCC(=O)N1CCc2ccccc2C1)c1sccc1-c1ccccc1. The number of fused-ring (bicyclic) bond motifs is 1. The van der Waals surface area contributed by atoms with Crippen LogP contribution < -0.4 is 5.32 Å². The molecule has 5 heteroatoms.